The van der Waals surface area contributed by atoms with E-state index in [1.807, 2.05) is 12.1 Å². The topological polar surface area (TPSA) is 42.2 Å². The highest BCUT2D eigenvalue weighted by Gasteiger charge is 2.09. The van der Waals surface area contributed by atoms with Gasteiger partial charge in [0.05, 0.1) is 26.7 Å². The van der Waals surface area contributed by atoms with Crippen LogP contribution in [0.5, 0.6) is 11.5 Å². The van der Waals surface area contributed by atoms with Gasteiger partial charge in [0, 0.05) is 0 Å². The molecule has 3 nitrogen and oxygen atoms in total. The largest absolute Gasteiger partial charge is 0.493 e. The van der Waals surface area contributed by atoms with Gasteiger partial charge in [-0.05, 0) is 29.7 Å². The van der Waals surface area contributed by atoms with E-state index >= 15 is 0 Å². The van der Waals surface area contributed by atoms with Crippen LogP contribution in [-0.4, -0.2) is 14.2 Å². The zero-order chi connectivity index (χ0) is 11.3. The van der Waals surface area contributed by atoms with Gasteiger partial charge < -0.3 is 9.47 Å². The lowest BCUT2D eigenvalue weighted by molar-refractivity contribution is 0.354. The van der Waals surface area contributed by atoms with Crippen molar-refractivity contribution < 1.29 is 9.47 Å². The summed E-state index contributed by atoms with van der Waals surface area (Å²) in [4.78, 5) is 0. The van der Waals surface area contributed by atoms with E-state index < -0.39 is 0 Å². The molecule has 0 unspecified atom stereocenters. The second-order valence-electron chi connectivity index (χ2n) is 3.16. The summed E-state index contributed by atoms with van der Waals surface area (Å²) in [5.41, 5.74) is 2.15. The fourth-order valence-electron chi connectivity index (χ4n) is 1.54. The molecule has 0 amide bonds. The minimum atomic E-state index is 0.406. The summed E-state index contributed by atoms with van der Waals surface area (Å²) in [7, 11) is 3.21. The Hall–Kier alpha value is -1.69. The van der Waals surface area contributed by atoms with Crippen molar-refractivity contribution in [3.63, 3.8) is 0 Å². The van der Waals surface area contributed by atoms with Gasteiger partial charge in [0.1, 0.15) is 0 Å². The van der Waals surface area contributed by atoms with Crippen LogP contribution in [0.3, 0.4) is 0 Å². The first-order valence-electron chi connectivity index (χ1n) is 4.87. The molecule has 0 N–H and O–H groups in total. The van der Waals surface area contributed by atoms with Crippen LogP contribution in [-0.2, 0) is 12.8 Å². The highest BCUT2D eigenvalue weighted by molar-refractivity contribution is 5.48. The number of hydrogen-bond acceptors (Lipinski definition) is 3. The van der Waals surface area contributed by atoms with E-state index in [0.717, 1.165) is 23.3 Å². The smallest absolute Gasteiger partial charge is 0.161 e. The van der Waals surface area contributed by atoms with Crippen molar-refractivity contribution >= 4 is 0 Å². The van der Waals surface area contributed by atoms with Gasteiger partial charge in [0.25, 0.3) is 0 Å². The third-order valence-electron chi connectivity index (χ3n) is 2.36. The average molecular weight is 205 g/mol. The third kappa shape index (κ3) is 2.41. The number of ether oxygens (including phenoxy) is 2. The molecule has 0 aliphatic rings. The average Bonchev–Trinajstić information content (AvgIpc) is 2.28. The highest BCUT2D eigenvalue weighted by Crippen LogP contribution is 2.30. The summed E-state index contributed by atoms with van der Waals surface area (Å²) in [6, 6.07) is 5.96. The number of nitriles is 1. The summed E-state index contributed by atoms with van der Waals surface area (Å²) in [5, 5.41) is 8.71. The summed E-state index contributed by atoms with van der Waals surface area (Å²) in [6.45, 7) is 2.06. The van der Waals surface area contributed by atoms with Gasteiger partial charge in [0.2, 0.25) is 0 Å². The van der Waals surface area contributed by atoms with Crippen molar-refractivity contribution in [2.75, 3.05) is 14.2 Å². The van der Waals surface area contributed by atoms with Crippen LogP contribution in [0.1, 0.15) is 18.1 Å². The van der Waals surface area contributed by atoms with Gasteiger partial charge in [-0.15, -0.1) is 0 Å². The lowest BCUT2D eigenvalue weighted by atomic mass is 10.0. The third-order valence-corrected chi connectivity index (χ3v) is 2.36. The van der Waals surface area contributed by atoms with Crippen LogP contribution >= 0.6 is 0 Å². The quantitative estimate of drug-likeness (QED) is 0.757. The molecule has 3 heteroatoms. The van der Waals surface area contributed by atoms with Crippen LogP contribution in [0.4, 0.5) is 0 Å². The molecule has 0 saturated heterocycles. The van der Waals surface area contributed by atoms with Crippen molar-refractivity contribution in [1.29, 1.82) is 5.26 Å². The Morgan fingerprint density at radius 2 is 1.67 bits per heavy atom. The maximum Gasteiger partial charge on any atom is 0.161 e. The number of rotatable bonds is 4. The molecule has 0 bridgehead atoms. The zero-order valence-electron chi connectivity index (χ0n) is 9.33. The summed E-state index contributed by atoms with van der Waals surface area (Å²) < 4.78 is 10.4. The molecular weight excluding hydrogens is 190 g/mol. The van der Waals surface area contributed by atoms with E-state index in [4.69, 9.17) is 14.7 Å². The van der Waals surface area contributed by atoms with E-state index in [9.17, 15) is 0 Å². The van der Waals surface area contributed by atoms with Crippen molar-refractivity contribution in [1.82, 2.24) is 0 Å². The monoisotopic (exact) mass is 205 g/mol. The Bertz CT molecular complexity index is 380. The van der Waals surface area contributed by atoms with E-state index in [0.29, 0.717) is 12.2 Å². The van der Waals surface area contributed by atoms with Gasteiger partial charge >= 0.3 is 0 Å². The standard InChI is InChI=1S/C12H15NO2/c1-4-9-7-11(14-2)12(15-3)8-10(9)5-6-13/h7-8H,4-5H2,1-3H3. The number of hydrogen-bond donors (Lipinski definition) is 0. The predicted octanol–water partition coefficient (Wildman–Crippen LogP) is 2.33. The number of benzene rings is 1. The Morgan fingerprint density at radius 3 is 2.07 bits per heavy atom. The molecule has 1 aromatic rings. The SMILES string of the molecule is CCc1cc(OC)c(OC)cc1CC#N. The van der Waals surface area contributed by atoms with E-state index in [1.165, 1.54) is 0 Å². The minimum absolute atomic E-state index is 0.406. The maximum atomic E-state index is 8.71. The van der Waals surface area contributed by atoms with E-state index in [-0.39, 0.29) is 0 Å². The molecule has 0 aliphatic carbocycles. The molecule has 0 heterocycles. The molecule has 80 valence electrons. The van der Waals surface area contributed by atoms with Crippen LogP contribution in [0, 0.1) is 11.3 Å². The molecule has 1 aromatic carbocycles. The molecule has 0 aliphatic heterocycles. The van der Waals surface area contributed by atoms with Crippen LogP contribution < -0.4 is 9.47 Å². The fourth-order valence-corrected chi connectivity index (χ4v) is 1.54. The first kappa shape index (κ1) is 11.4. The lowest BCUT2D eigenvalue weighted by Gasteiger charge is -2.12. The van der Waals surface area contributed by atoms with Crippen molar-refractivity contribution in [3.05, 3.63) is 23.3 Å². The normalized spacial score (nSPS) is 9.47. The molecule has 15 heavy (non-hydrogen) atoms. The van der Waals surface area contributed by atoms with Gasteiger partial charge in [-0.25, -0.2) is 0 Å². The van der Waals surface area contributed by atoms with Gasteiger partial charge in [-0.1, -0.05) is 6.92 Å². The molecule has 0 atom stereocenters. The first-order chi connectivity index (χ1) is 7.26. The van der Waals surface area contributed by atoms with Gasteiger partial charge in [0.15, 0.2) is 11.5 Å². The molecular formula is C12H15NO2. The Balaban J connectivity index is 3.22. The summed E-state index contributed by atoms with van der Waals surface area (Å²) in [5.74, 6) is 1.40. The van der Waals surface area contributed by atoms with E-state index in [1.54, 1.807) is 14.2 Å². The van der Waals surface area contributed by atoms with Gasteiger partial charge in [-0.3, -0.25) is 0 Å². The predicted molar refractivity (Wildman–Crippen MR) is 58.2 cm³/mol. The van der Waals surface area contributed by atoms with Crippen molar-refractivity contribution in [3.8, 4) is 17.6 Å². The lowest BCUT2D eigenvalue weighted by Crippen LogP contribution is -1.97. The Kier molecular flexibility index (Phi) is 3.99. The molecule has 0 radical (unpaired) electrons. The summed E-state index contributed by atoms with van der Waals surface area (Å²) in [6.07, 6.45) is 1.29. The molecule has 0 aromatic heterocycles. The maximum absolute atomic E-state index is 8.71. The molecule has 0 saturated carbocycles. The number of nitrogens with zero attached hydrogens (tertiary/aromatic N) is 1. The second kappa shape index (κ2) is 5.26. The number of methoxy groups -OCH3 is 2. The highest BCUT2D eigenvalue weighted by atomic mass is 16.5. The molecule has 1 rings (SSSR count). The van der Waals surface area contributed by atoms with E-state index in [2.05, 4.69) is 13.0 Å². The van der Waals surface area contributed by atoms with Crippen LogP contribution in [0.2, 0.25) is 0 Å². The van der Waals surface area contributed by atoms with Crippen molar-refractivity contribution in [2.24, 2.45) is 0 Å². The molecule has 0 spiro atoms. The summed E-state index contributed by atoms with van der Waals surface area (Å²) >= 11 is 0. The van der Waals surface area contributed by atoms with Crippen molar-refractivity contribution in [2.45, 2.75) is 19.8 Å². The fraction of sp³-hybridized carbons (Fsp3) is 0.417. The number of aryl methyl sites for hydroxylation is 1. The Morgan fingerprint density at radius 1 is 1.13 bits per heavy atom. The second-order valence-corrected chi connectivity index (χ2v) is 3.16. The first-order valence-corrected chi connectivity index (χ1v) is 4.87. The zero-order valence-corrected chi connectivity index (χ0v) is 9.33. The van der Waals surface area contributed by atoms with Crippen LogP contribution in [0.25, 0.3) is 0 Å². The Labute approximate surface area is 90.2 Å². The van der Waals surface area contributed by atoms with Crippen LogP contribution in [0.15, 0.2) is 12.1 Å². The molecule has 0 fully saturated rings. The van der Waals surface area contributed by atoms with Gasteiger partial charge in [-0.2, -0.15) is 5.26 Å². The minimum Gasteiger partial charge on any atom is -0.493 e.